The first-order valence-electron chi connectivity index (χ1n) is 28.1. The molecule has 7 rings (SSSR count). The summed E-state index contributed by atoms with van der Waals surface area (Å²) < 4.78 is 60.8. The maximum Gasteiger partial charge on any atom is 0.514 e. The highest BCUT2D eigenvalue weighted by Crippen LogP contribution is 2.44. The largest absolute Gasteiger partial charge is 0.514 e. The van der Waals surface area contributed by atoms with Crippen molar-refractivity contribution in [3.63, 3.8) is 0 Å². The molecule has 2 atom stereocenters. The number of rotatable bonds is 26. The Balaban J connectivity index is 0.918. The van der Waals surface area contributed by atoms with E-state index in [1.165, 1.54) is 37.3 Å². The van der Waals surface area contributed by atoms with Crippen LogP contribution in [0.25, 0.3) is 11.1 Å². The van der Waals surface area contributed by atoms with E-state index in [1.807, 2.05) is 98.8 Å². The number of non-ortho nitro benzene ring substituents is 1. The number of alkyl carbamates (subject to hydrolysis) is 1. The first-order valence-corrected chi connectivity index (χ1v) is 31.6. The maximum absolute atomic E-state index is 13.6. The second kappa shape index (κ2) is 29.1. The van der Waals surface area contributed by atoms with Crippen molar-refractivity contribution >= 4 is 64.2 Å². The lowest BCUT2D eigenvalue weighted by atomic mass is 9.91. The molecule has 3 amide bonds. The average Bonchev–Trinajstić information content (AvgIpc) is 2.41. The van der Waals surface area contributed by atoms with Gasteiger partial charge in [-0.1, -0.05) is 176 Å². The highest BCUT2D eigenvalue weighted by molar-refractivity contribution is 7.86. The summed E-state index contributed by atoms with van der Waals surface area (Å²) in [5, 5.41) is 21.3. The van der Waals surface area contributed by atoms with Crippen LogP contribution in [-0.4, -0.2) is 96.6 Å². The van der Waals surface area contributed by atoms with Gasteiger partial charge >= 0.3 is 12.2 Å². The van der Waals surface area contributed by atoms with Crippen molar-refractivity contribution in [1.29, 1.82) is 0 Å². The SMILES string of the molecule is CC(NC(=O)C(NC(=O)OCC1c2ccccc2-c2ccccc21)C(C)C)C(=O)Nc1ccc(COC(=O)Oc2ccc([N+](=O)[O-])cc2)c(C#CCOCCCS(=O)(=O)OCC(C)(C)CCO[Si](c2ccccc2)(c2ccccc2)C(C)(C)C)c1. The summed E-state index contributed by atoms with van der Waals surface area (Å²) in [6, 6.07) is 43.9. The number of hydrogen-bond acceptors (Lipinski definition) is 14. The summed E-state index contributed by atoms with van der Waals surface area (Å²) >= 11 is 0. The van der Waals surface area contributed by atoms with E-state index in [0.717, 1.165) is 32.6 Å². The number of fused-ring (bicyclic) bond motifs is 3. The van der Waals surface area contributed by atoms with Gasteiger partial charge in [0.05, 0.1) is 17.3 Å². The molecule has 1 aliphatic carbocycles. The number of anilines is 1. The molecule has 448 valence electrons. The standard InChI is InChI=1S/C65H74N4O14SSi/c1-45(2)59(68-62(72)79-43-58-56-28-17-15-26-54(56)55-27-16-18-29-57(55)58)61(71)66-46(3)60(70)67-49-31-30-48(42-80-63(73)83-51-34-32-50(33-35-51)69(74)75)47(41-49)21-19-37-78-38-20-40-84(76,77)81-44-65(7,8)36-39-82-85(64(4,5)6,52-22-11-9-12-23-52)53-24-13-10-14-25-53/h9-18,22-35,41,45-46,58-59H,20,36-40,42-44H2,1-8H3,(H,66,71)(H,67,70)(H,68,72). The van der Waals surface area contributed by atoms with E-state index in [-0.39, 0.29) is 79.2 Å². The number of hydrogen-bond donors (Lipinski definition) is 3. The lowest BCUT2D eigenvalue weighted by Crippen LogP contribution is -2.66. The summed E-state index contributed by atoms with van der Waals surface area (Å²) in [4.78, 5) is 63.6. The molecule has 0 saturated carbocycles. The Kier molecular flexibility index (Phi) is 22.0. The van der Waals surface area contributed by atoms with E-state index in [9.17, 15) is 37.7 Å². The fourth-order valence-electron chi connectivity index (χ4n) is 9.93. The van der Waals surface area contributed by atoms with Gasteiger partial charge in [-0.2, -0.15) is 8.42 Å². The minimum Gasteiger partial charge on any atom is -0.449 e. The molecule has 1 aliphatic rings. The molecule has 0 spiro atoms. The smallest absolute Gasteiger partial charge is 0.449 e. The molecule has 0 saturated heterocycles. The second-order valence-electron chi connectivity index (χ2n) is 22.8. The van der Waals surface area contributed by atoms with Gasteiger partial charge in [0.1, 0.15) is 37.7 Å². The van der Waals surface area contributed by atoms with Gasteiger partial charge in [-0.15, -0.1) is 0 Å². The Morgan fingerprint density at radius 3 is 1.92 bits per heavy atom. The first-order chi connectivity index (χ1) is 40.5. The normalized spacial score (nSPS) is 13.0. The number of nitrogens with zero attached hydrogens (tertiary/aromatic N) is 1. The third-order valence-corrected chi connectivity index (χ3v) is 20.8. The monoisotopic (exact) mass is 1190 g/mol. The highest BCUT2D eigenvalue weighted by Gasteiger charge is 2.50. The van der Waals surface area contributed by atoms with Crippen LogP contribution in [0.1, 0.15) is 96.4 Å². The predicted molar refractivity (Wildman–Crippen MR) is 327 cm³/mol. The molecule has 0 bridgehead atoms. The van der Waals surface area contributed by atoms with E-state index in [1.54, 1.807) is 26.0 Å². The molecular weight excluding hydrogens is 1120 g/mol. The average molecular weight is 1200 g/mol. The lowest BCUT2D eigenvalue weighted by molar-refractivity contribution is -0.384. The van der Waals surface area contributed by atoms with Crippen molar-refractivity contribution < 1.29 is 60.1 Å². The number of ether oxygens (including phenoxy) is 4. The van der Waals surface area contributed by atoms with Crippen molar-refractivity contribution in [2.75, 3.05) is 44.1 Å². The number of nitrogens with one attached hydrogen (secondary N) is 3. The van der Waals surface area contributed by atoms with Gasteiger partial charge in [-0.3, -0.25) is 23.9 Å². The van der Waals surface area contributed by atoms with Crippen LogP contribution in [0.15, 0.2) is 152 Å². The molecule has 2 unspecified atom stereocenters. The number of carbonyl (C=O) groups is 4. The molecular formula is C65H74N4O14SSi. The molecule has 3 N–H and O–H groups in total. The van der Waals surface area contributed by atoms with Gasteiger partial charge in [0.15, 0.2) is 0 Å². The van der Waals surface area contributed by atoms with Crippen LogP contribution in [-0.2, 0) is 49.1 Å². The molecule has 0 aromatic heterocycles. The zero-order valence-corrected chi connectivity index (χ0v) is 51.0. The lowest BCUT2D eigenvalue weighted by Gasteiger charge is -2.43. The van der Waals surface area contributed by atoms with Crippen LogP contribution in [0.3, 0.4) is 0 Å². The highest BCUT2D eigenvalue weighted by atomic mass is 32.2. The summed E-state index contributed by atoms with van der Waals surface area (Å²) in [6.07, 6.45) is -1.22. The van der Waals surface area contributed by atoms with E-state index in [4.69, 9.17) is 27.6 Å². The van der Waals surface area contributed by atoms with Gasteiger partial charge in [0.25, 0.3) is 24.1 Å². The summed E-state index contributed by atoms with van der Waals surface area (Å²) in [5.41, 5.74) is 4.47. The number of benzene rings is 6. The van der Waals surface area contributed by atoms with Crippen LogP contribution < -0.4 is 31.1 Å². The van der Waals surface area contributed by atoms with Gasteiger partial charge < -0.3 is 39.3 Å². The van der Waals surface area contributed by atoms with E-state index in [0.29, 0.717) is 24.2 Å². The minimum atomic E-state index is -3.92. The quantitative estimate of drug-likeness (QED) is 0.00670. The number of nitro benzene ring substituents is 1. The molecule has 6 aromatic carbocycles. The zero-order chi connectivity index (χ0) is 61.4. The van der Waals surface area contributed by atoms with Crippen LogP contribution in [0.2, 0.25) is 5.04 Å². The molecule has 6 aromatic rings. The molecule has 0 fully saturated rings. The van der Waals surface area contributed by atoms with Gasteiger partial charge in [-0.05, 0) is 93.0 Å². The van der Waals surface area contributed by atoms with Crippen LogP contribution in [0, 0.1) is 33.3 Å². The van der Waals surface area contributed by atoms with Crippen molar-refractivity contribution in [1.82, 2.24) is 10.6 Å². The number of nitro groups is 1. The Morgan fingerprint density at radius 2 is 1.33 bits per heavy atom. The summed E-state index contributed by atoms with van der Waals surface area (Å²) in [7, 11) is -6.71. The molecule has 0 radical (unpaired) electrons. The molecule has 18 nitrogen and oxygen atoms in total. The Labute approximate surface area is 498 Å². The summed E-state index contributed by atoms with van der Waals surface area (Å²) in [6.45, 7) is 15.5. The van der Waals surface area contributed by atoms with Crippen LogP contribution in [0.5, 0.6) is 5.75 Å². The van der Waals surface area contributed by atoms with Crippen molar-refractivity contribution in [2.45, 2.75) is 97.9 Å². The van der Waals surface area contributed by atoms with Crippen molar-refractivity contribution in [2.24, 2.45) is 11.3 Å². The Bertz CT molecular complexity index is 3390. The van der Waals surface area contributed by atoms with Crippen LogP contribution in [0.4, 0.5) is 21.0 Å². The third-order valence-electron chi connectivity index (χ3n) is 14.5. The molecule has 85 heavy (non-hydrogen) atoms. The molecule has 20 heteroatoms. The van der Waals surface area contributed by atoms with E-state index in [2.05, 4.69) is 72.8 Å². The van der Waals surface area contributed by atoms with Crippen molar-refractivity contribution in [3.8, 4) is 28.7 Å². The third kappa shape index (κ3) is 17.5. The van der Waals surface area contributed by atoms with Gasteiger partial charge in [-0.25, -0.2) is 9.59 Å². The molecule has 0 aliphatic heterocycles. The number of carbonyl (C=O) groups excluding carboxylic acids is 4. The second-order valence-corrected chi connectivity index (χ2v) is 28.9. The van der Waals surface area contributed by atoms with Gasteiger partial charge in [0.2, 0.25) is 11.8 Å². The van der Waals surface area contributed by atoms with Crippen molar-refractivity contribution in [3.05, 3.63) is 184 Å². The van der Waals surface area contributed by atoms with E-state index < -0.39 is 64.9 Å². The first kappa shape index (κ1) is 64.4. The fraction of sp³-hybridized carbons (Fsp3) is 0.354. The zero-order valence-electron chi connectivity index (χ0n) is 49.2. The Hall–Kier alpha value is -8.19. The van der Waals surface area contributed by atoms with Crippen LogP contribution >= 0.6 is 0 Å². The molecule has 0 heterocycles. The number of amides is 3. The fourth-order valence-corrected chi connectivity index (χ4v) is 15.6. The maximum atomic E-state index is 13.6. The Morgan fingerprint density at radius 1 is 0.729 bits per heavy atom. The predicted octanol–water partition coefficient (Wildman–Crippen LogP) is 10.4. The minimum absolute atomic E-state index is 0.0102. The van der Waals surface area contributed by atoms with Gasteiger partial charge in [0, 0.05) is 48.1 Å². The topological polar surface area (TPSA) is 237 Å². The van der Waals surface area contributed by atoms with E-state index >= 15 is 0 Å². The summed E-state index contributed by atoms with van der Waals surface area (Å²) in [5.74, 6) is 3.80.